The molecular weight excluding hydrogens is 407 g/mol. The van der Waals surface area contributed by atoms with Crippen LogP contribution in [-0.2, 0) is 4.79 Å². The molecule has 0 saturated heterocycles. The molecule has 1 heterocycles. The number of nitrogens with zero attached hydrogens (tertiary/aromatic N) is 3. The van der Waals surface area contributed by atoms with Gasteiger partial charge in [0.15, 0.2) is 0 Å². The summed E-state index contributed by atoms with van der Waals surface area (Å²) in [5.74, 6) is -0.902. The summed E-state index contributed by atoms with van der Waals surface area (Å²) in [5, 5.41) is 22.0. The number of nitro benzene ring substituents is 1. The molecule has 28 heavy (non-hydrogen) atoms. The van der Waals surface area contributed by atoms with E-state index in [9.17, 15) is 19.3 Å². The highest BCUT2D eigenvalue weighted by Gasteiger charge is 2.10. The fourth-order valence-electron chi connectivity index (χ4n) is 2.24. The molecule has 1 N–H and O–H groups in total. The van der Waals surface area contributed by atoms with Gasteiger partial charge in [0.2, 0.25) is 5.91 Å². The Labute approximate surface area is 168 Å². The second-order valence-corrected chi connectivity index (χ2v) is 6.93. The average molecular weight is 419 g/mol. The lowest BCUT2D eigenvalue weighted by atomic mass is 10.1. The Balaban J connectivity index is 1.59. The van der Waals surface area contributed by atoms with Crippen molar-refractivity contribution in [3.05, 3.63) is 75.6 Å². The van der Waals surface area contributed by atoms with Gasteiger partial charge in [0.05, 0.1) is 21.4 Å². The molecule has 10 heteroatoms. The maximum Gasteiger partial charge on any atom is 0.270 e. The average Bonchev–Trinajstić information content (AvgIpc) is 2.70. The number of carbonyl (C=O) groups excluding carboxylic acids is 1. The normalized spacial score (nSPS) is 10.5. The molecule has 142 valence electrons. The van der Waals surface area contributed by atoms with Gasteiger partial charge in [-0.15, -0.1) is 10.2 Å². The van der Waals surface area contributed by atoms with Gasteiger partial charge < -0.3 is 5.32 Å². The predicted octanol–water partition coefficient (Wildman–Crippen LogP) is 4.58. The van der Waals surface area contributed by atoms with E-state index in [0.29, 0.717) is 22.0 Å². The minimum Gasteiger partial charge on any atom is -0.325 e. The lowest BCUT2D eigenvalue weighted by Gasteiger charge is -2.06. The molecule has 1 amide bonds. The van der Waals surface area contributed by atoms with Crippen LogP contribution < -0.4 is 5.32 Å². The molecule has 0 aliphatic carbocycles. The van der Waals surface area contributed by atoms with E-state index in [1.165, 1.54) is 24.3 Å². The summed E-state index contributed by atoms with van der Waals surface area (Å²) in [7, 11) is 0. The van der Waals surface area contributed by atoms with Gasteiger partial charge in [-0.25, -0.2) is 4.39 Å². The van der Waals surface area contributed by atoms with Gasteiger partial charge >= 0.3 is 0 Å². The summed E-state index contributed by atoms with van der Waals surface area (Å²) < 4.78 is 13.4. The zero-order chi connectivity index (χ0) is 20.1. The predicted molar refractivity (Wildman–Crippen MR) is 105 cm³/mol. The second kappa shape index (κ2) is 8.77. The van der Waals surface area contributed by atoms with Crippen LogP contribution in [0.15, 0.2) is 59.6 Å². The third-order valence-electron chi connectivity index (χ3n) is 3.55. The number of hydrogen-bond donors (Lipinski definition) is 1. The van der Waals surface area contributed by atoms with E-state index < -0.39 is 10.7 Å². The van der Waals surface area contributed by atoms with Crippen molar-refractivity contribution in [1.29, 1.82) is 0 Å². The van der Waals surface area contributed by atoms with Gasteiger partial charge in [-0.1, -0.05) is 35.5 Å². The fourth-order valence-corrected chi connectivity index (χ4v) is 2.97. The molecule has 0 radical (unpaired) electrons. The Hall–Kier alpha value is -3.04. The lowest BCUT2D eigenvalue weighted by Crippen LogP contribution is -2.14. The number of non-ortho nitro benzene ring substituents is 1. The first-order valence-electron chi connectivity index (χ1n) is 7.88. The molecule has 0 spiro atoms. The van der Waals surface area contributed by atoms with Crippen molar-refractivity contribution in [1.82, 2.24) is 10.2 Å². The quantitative estimate of drug-likeness (QED) is 0.357. The molecule has 1 aromatic heterocycles. The number of thioether (sulfide) groups is 1. The Kier molecular flexibility index (Phi) is 6.17. The first kappa shape index (κ1) is 19.7. The molecule has 2 aromatic carbocycles. The number of nitro groups is 1. The standard InChI is InChI=1S/C18H12ClFN4O3S/c19-14-5-4-12(9-15(14)20)21-17(25)10-28-18-7-6-16(22-23-18)11-2-1-3-13(8-11)24(26)27/h1-9H,10H2,(H,21,25). The van der Waals surface area contributed by atoms with Gasteiger partial charge in [0, 0.05) is 23.4 Å². The monoisotopic (exact) mass is 418 g/mol. The fraction of sp³-hybridized carbons (Fsp3) is 0.0556. The summed E-state index contributed by atoms with van der Waals surface area (Å²) in [6.07, 6.45) is 0. The number of aromatic nitrogens is 2. The first-order chi connectivity index (χ1) is 13.4. The Morgan fingerprint density at radius 3 is 2.68 bits per heavy atom. The van der Waals surface area contributed by atoms with E-state index >= 15 is 0 Å². The van der Waals surface area contributed by atoms with Crippen molar-refractivity contribution in [3.63, 3.8) is 0 Å². The molecule has 0 aliphatic rings. The van der Waals surface area contributed by atoms with Gasteiger partial charge in [-0.2, -0.15) is 0 Å². The lowest BCUT2D eigenvalue weighted by molar-refractivity contribution is -0.384. The molecule has 3 aromatic rings. The summed E-state index contributed by atoms with van der Waals surface area (Å²) in [5.41, 5.74) is 1.32. The summed E-state index contributed by atoms with van der Waals surface area (Å²) >= 11 is 6.75. The van der Waals surface area contributed by atoms with E-state index in [4.69, 9.17) is 11.6 Å². The molecule has 7 nitrogen and oxygen atoms in total. The van der Waals surface area contributed by atoms with Crippen molar-refractivity contribution in [2.75, 3.05) is 11.1 Å². The minimum absolute atomic E-state index is 0.0218. The van der Waals surface area contributed by atoms with E-state index in [1.807, 2.05) is 0 Å². The maximum atomic E-state index is 13.4. The molecular formula is C18H12ClFN4O3S. The molecule has 0 bridgehead atoms. The van der Waals surface area contributed by atoms with Gasteiger partial charge in [0.25, 0.3) is 5.69 Å². The summed E-state index contributed by atoms with van der Waals surface area (Å²) in [6.45, 7) is 0. The van der Waals surface area contributed by atoms with Crippen molar-refractivity contribution >= 4 is 40.6 Å². The maximum absolute atomic E-state index is 13.4. The van der Waals surface area contributed by atoms with Crippen LogP contribution in [0.3, 0.4) is 0 Å². The number of carbonyl (C=O) groups is 1. The highest BCUT2D eigenvalue weighted by molar-refractivity contribution is 7.99. The minimum atomic E-state index is -0.616. The Morgan fingerprint density at radius 1 is 1.18 bits per heavy atom. The van der Waals surface area contributed by atoms with Gasteiger partial charge in [-0.3, -0.25) is 14.9 Å². The van der Waals surface area contributed by atoms with Crippen molar-refractivity contribution in [2.24, 2.45) is 0 Å². The molecule has 3 rings (SSSR count). The van der Waals surface area contributed by atoms with Crippen LogP contribution in [0.2, 0.25) is 5.02 Å². The highest BCUT2D eigenvalue weighted by atomic mass is 35.5. The Morgan fingerprint density at radius 2 is 2.00 bits per heavy atom. The highest BCUT2D eigenvalue weighted by Crippen LogP contribution is 2.24. The van der Waals surface area contributed by atoms with E-state index in [2.05, 4.69) is 15.5 Å². The van der Waals surface area contributed by atoms with E-state index in [-0.39, 0.29) is 22.4 Å². The van der Waals surface area contributed by atoms with Gasteiger partial charge in [0.1, 0.15) is 10.8 Å². The number of anilines is 1. The SMILES string of the molecule is O=C(CSc1ccc(-c2cccc([N+](=O)[O-])c2)nn1)Nc1ccc(Cl)c(F)c1. The number of rotatable bonds is 6. The molecule has 0 aliphatic heterocycles. The molecule has 0 fully saturated rings. The number of amides is 1. The molecule has 0 unspecified atom stereocenters. The van der Waals surface area contributed by atoms with Gasteiger partial charge in [-0.05, 0) is 30.3 Å². The van der Waals surface area contributed by atoms with Crippen molar-refractivity contribution in [3.8, 4) is 11.3 Å². The third kappa shape index (κ3) is 5.02. The largest absolute Gasteiger partial charge is 0.325 e. The molecule has 0 saturated carbocycles. The molecule has 0 atom stereocenters. The van der Waals surface area contributed by atoms with Crippen LogP contribution in [-0.4, -0.2) is 26.8 Å². The van der Waals surface area contributed by atoms with Crippen molar-refractivity contribution in [2.45, 2.75) is 5.03 Å². The first-order valence-corrected chi connectivity index (χ1v) is 9.25. The van der Waals surface area contributed by atoms with E-state index in [1.54, 1.807) is 24.3 Å². The van der Waals surface area contributed by atoms with Crippen LogP contribution in [0, 0.1) is 15.9 Å². The number of nitrogens with one attached hydrogen (secondary N) is 1. The topological polar surface area (TPSA) is 98.0 Å². The van der Waals surface area contributed by atoms with Crippen LogP contribution in [0.1, 0.15) is 0 Å². The van der Waals surface area contributed by atoms with E-state index in [0.717, 1.165) is 17.8 Å². The van der Waals surface area contributed by atoms with Crippen LogP contribution in [0.4, 0.5) is 15.8 Å². The number of benzene rings is 2. The number of halogens is 2. The Bertz CT molecular complexity index is 1030. The van der Waals surface area contributed by atoms with Crippen LogP contribution >= 0.6 is 23.4 Å². The zero-order valence-electron chi connectivity index (χ0n) is 14.1. The van der Waals surface area contributed by atoms with Crippen molar-refractivity contribution < 1.29 is 14.1 Å². The second-order valence-electron chi connectivity index (χ2n) is 5.53. The smallest absolute Gasteiger partial charge is 0.270 e. The van der Waals surface area contributed by atoms with Crippen LogP contribution in [0.25, 0.3) is 11.3 Å². The summed E-state index contributed by atoms with van der Waals surface area (Å²) in [6, 6.07) is 13.4. The third-order valence-corrected chi connectivity index (χ3v) is 4.77. The summed E-state index contributed by atoms with van der Waals surface area (Å²) in [4.78, 5) is 22.3. The van der Waals surface area contributed by atoms with Crippen LogP contribution in [0.5, 0.6) is 0 Å². The zero-order valence-corrected chi connectivity index (χ0v) is 15.7. The number of hydrogen-bond acceptors (Lipinski definition) is 6.